The number of hydrogen-bond acceptors (Lipinski definition) is 4. The van der Waals surface area contributed by atoms with Crippen LogP contribution in [0.5, 0.6) is 5.75 Å². The molecule has 0 spiro atoms. The van der Waals surface area contributed by atoms with Gasteiger partial charge in [-0.1, -0.05) is 0 Å². The highest BCUT2D eigenvalue weighted by Gasteiger charge is 2.25. The lowest BCUT2D eigenvalue weighted by Gasteiger charge is -2.16. The molecular weight excluding hydrogens is 276 g/mol. The van der Waals surface area contributed by atoms with Crippen LogP contribution in [0.4, 0.5) is 5.69 Å². The summed E-state index contributed by atoms with van der Waals surface area (Å²) in [6.45, 7) is 4.08. The molecule has 0 aliphatic heterocycles. The van der Waals surface area contributed by atoms with Gasteiger partial charge >= 0.3 is 0 Å². The molecule has 0 saturated heterocycles. The molecule has 1 saturated carbocycles. The average molecular weight is 298 g/mol. The van der Waals surface area contributed by atoms with Crippen molar-refractivity contribution in [2.24, 2.45) is 0 Å². The molecule has 6 heteroatoms. The highest BCUT2D eigenvalue weighted by Crippen LogP contribution is 2.23. The first-order valence-corrected chi connectivity index (χ1v) is 8.36. The van der Waals surface area contributed by atoms with E-state index in [9.17, 15) is 8.42 Å². The Hall–Kier alpha value is -1.27. The zero-order chi connectivity index (χ0) is 14.8. The topological polar surface area (TPSA) is 67.4 Å². The molecule has 0 aromatic heterocycles. The maximum Gasteiger partial charge on any atom is 0.236 e. The fourth-order valence-corrected chi connectivity index (χ4v) is 2.91. The molecular formula is C14H22N2O3S. The molecule has 0 heterocycles. The van der Waals surface area contributed by atoms with Crippen LogP contribution < -0.4 is 14.8 Å². The predicted octanol–water partition coefficient (Wildman–Crippen LogP) is 1.89. The summed E-state index contributed by atoms with van der Waals surface area (Å²) in [5.74, 6) is 0.747. The minimum absolute atomic E-state index is 0.467. The molecule has 1 atom stereocenters. The van der Waals surface area contributed by atoms with Gasteiger partial charge in [-0.25, -0.2) is 8.42 Å². The number of rotatable bonds is 7. The van der Waals surface area contributed by atoms with Gasteiger partial charge in [-0.05, 0) is 50.5 Å². The summed E-state index contributed by atoms with van der Waals surface area (Å²) in [6, 6.07) is 5.76. The maximum atomic E-state index is 12.2. The van der Waals surface area contributed by atoms with Gasteiger partial charge in [0.15, 0.2) is 0 Å². The van der Waals surface area contributed by atoms with E-state index < -0.39 is 15.3 Å². The summed E-state index contributed by atoms with van der Waals surface area (Å²) in [5, 5.41) is 2.77. The largest absolute Gasteiger partial charge is 0.496 e. The Bertz CT molecular complexity index is 568. The Balaban J connectivity index is 2.00. The van der Waals surface area contributed by atoms with Gasteiger partial charge in [0.2, 0.25) is 10.0 Å². The Kier molecular flexibility index (Phi) is 4.55. The van der Waals surface area contributed by atoms with Crippen molar-refractivity contribution in [3.05, 3.63) is 23.8 Å². The van der Waals surface area contributed by atoms with E-state index in [2.05, 4.69) is 10.0 Å². The Morgan fingerprint density at radius 1 is 1.40 bits per heavy atom. The second-order valence-electron chi connectivity index (χ2n) is 5.32. The molecule has 1 fully saturated rings. The van der Waals surface area contributed by atoms with E-state index in [-0.39, 0.29) is 0 Å². The Morgan fingerprint density at radius 2 is 2.10 bits per heavy atom. The van der Waals surface area contributed by atoms with Gasteiger partial charge in [0.05, 0.1) is 12.4 Å². The molecule has 1 aromatic carbocycles. The van der Waals surface area contributed by atoms with Gasteiger partial charge in [-0.2, -0.15) is 0 Å². The first-order valence-electron chi connectivity index (χ1n) is 6.82. The van der Waals surface area contributed by atoms with Crippen molar-refractivity contribution in [3.8, 4) is 5.75 Å². The third-order valence-electron chi connectivity index (χ3n) is 3.46. The van der Waals surface area contributed by atoms with Gasteiger partial charge in [0.25, 0.3) is 0 Å². The van der Waals surface area contributed by atoms with Gasteiger partial charge in [0, 0.05) is 18.3 Å². The Morgan fingerprint density at radius 3 is 2.65 bits per heavy atom. The van der Waals surface area contributed by atoms with Crippen LogP contribution in [0.15, 0.2) is 18.2 Å². The van der Waals surface area contributed by atoms with E-state index in [1.807, 2.05) is 6.92 Å². The standard InChI is InChI=1S/C14H22N2O3S/c1-10-8-13(6-7-14(10)19-3)16-20(17,18)11(2)9-15-12-4-5-12/h6-8,11-12,15-16H,4-5,9H2,1-3H3. The predicted molar refractivity (Wildman–Crippen MR) is 80.8 cm³/mol. The van der Waals surface area contributed by atoms with Gasteiger partial charge in [-0.3, -0.25) is 4.72 Å². The van der Waals surface area contributed by atoms with Crippen molar-refractivity contribution in [2.45, 2.75) is 38.0 Å². The second kappa shape index (κ2) is 6.01. The van der Waals surface area contributed by atoms with Crippen LogP contribution >= 0.6 is 0 Å². The number of aryl methyl sites for hydroxylation is 1. The minimum Gasteiger partial charge on any atom is -0.496 e. The monoisotopic (exact) mass is 298 g/mol. The molecule has 1 aliphatic rings. The number of benzene rings is 1. The van der Waals surface area contributed by atoms with Crippen molar-refractivity contribution in [1.29, 1.82) is 0 Å². The van der Waals surface area contributed by atoms with Crippen LogP contribution in [0.25, 0.3) is 0 Å². The SMILES string of the molecule is COc1ccc(NS(=O)(=O)C(C)CNC2CC2)cc1C. The lowest BCUT2D eigenvalue weighted by molar-refractivity contribution is 0.412. The summed E-state index contributed by atoms with van der Waals surface area (Å²) in [7, 11) is -1.78. The molecule has 1 unspecified atom stereocenters. The average Bonchev–Trinajstić information content (AvgIpc) is 3.19. The van der Waals surface area contributed by atoms with Crippen LogP contribution in [0.1, 0.15) is 25.3 Å². The highest BCUT2D eigenvalue weighted by atomic mass is 32.2. The summed E-state index contributed by atoms with van der Waals surface area (Å²) in [4.78, 5) is 0. The molecule has 1 aliphatic carbocycles. The number of nitrogens with one attached hydrogen (secondary N) is 2. The highest BCUT2D eigenvalue weighted by molar-refractivity contribution is 7.93. The molecule has 2 rings (SSSR count). The van der Waals surface area contributed by atoms with Crippen LogP contribution in [0.2, 0.25) is 0 Å². The zero-order valence-corrected chi connectivity index (χ0v) is 13.0. The van der Waals surface area contributed by atoms with Crippen molar-refractivity contribution < 1.29 is 13.2 Å². The van der Waals surface area contributed by atoms with Crippen LogP contribution in [-0.4, -0.2) is 33.4 Å². The van der Waals surface area contributed by atoms with Gasteiger partial charge < -0.3 is 10.1 Å². The van der Waals surface area contributed by atoms with Crippen molar-refractivity contribution in [3.63, 3.8) is 0 Å². The second-order valence-corrected chi connectivity index (χ2v) is 7.42. The van der Waals surface area contributed by atoms with Crippen molar-refractivity contribution in [2.75, 3.05) is 18.4 Å². The molecule has 112 valence electrons. The van der Waals surface area contributed by atoms with Crippen molar-refractivity contribution >= 4 is 15.7 Å². The zero-order valence-electron chi connectivity index (χ0n) is 12.1. The molecule has 5 nitrogen and oxygen atoms in total. The van der Waals surface area contributed by atoms with Gasteiger partial charge in [0.1, 0.15) is 5.75 Å². The van der Waals surface area contributed by atoms with E-state index in [0.29, 0.717) is 18.3 Å². The number of anilines is 1. The van der Waals surface area contributed by atoms with E-state index in [4.69, 9.17) is 4.74 Å². The maximum absolute atomic E-state index is 12.2. The third kappa shape index (κ3) is 3.86. The normalized spacial score (nSPS) is 16.8. The molecule has 1 aromatic rings. The first-order chi connectivity index (χ1) is 9.42. The summed E-state index contributed by atoms with van der Waals surface area (Å²) in [5.41, 5.74) is 1.47. The Labute approximate surface area is 120 Å². The molecule has 0 bridgehead atoms. The fourth-order valence-electron chi connectivity index (χ4n) is 1.94. The lowest BCUT2D eigenvalue weighted by Crippen LogP contribution is -2.35. The van der Waals surface area contributed by atoms with Gasteiger partial charge in [-0.15, -0.1) is 0 Å². The molecule has 0 radical (unpaired) electrons. The molecule has 0 amide bonds. The van der Waals surface area contributed by atoms with Crippen LogP contribution in [0, 0.1) is 6.92 Å². The third-order valence-corrected chi connectivity index (χ3v) is 5.20. The van der Waals surface area contributed by atoms with Crippen molar-refractivity contribution in [1.82, 2.24) is 5.32 Å². The summed E-state index contributed by atoms with van der Waals surface area (Å²) < 4.78 is 32.2. The number of methoxy groups -OCH3 is 1. The number of ether oxygens (including phenoxy) is 1. The smallest absolute Gasteiger partial charge is 0.236 e. The quantitative estimate of drug-likeness (QED) is 0.806. The number of hydrogen-bond donors (Lipinski definition) is 2. The van der Waals surface area contributed by atoms with E-state index >= 15 is 0 Å². The fraction of sp³-hybridized carbons (Fsp3) is 0.571. The minimum atomic E-state index is -3.37. The van der Waals surface area contributed by atoms with E-state index in [0.717, 1.165) is 24.2 Å². The number of sulfonamides is 1. The van der Waals surface area contributed by atoms with Crippen LogP contribution in [0.3, 0.4) is 0 Å². The molecule has 2 N–H and O–H groups in total. The lowest BCUT2D eigenvalue weighted by atomic mass is 10.2. The molecule has 20 heavy (non-hydrogen) atoms. The summed E-state index contributed by atoms with van der Waals surface area (Å²) in [6.07, 6.45) is 2.30. The first kappa shape index (κ1) is 15.1. The van der Waals surface area contributed by atoms with Crippen LogP contribution in [-0.2, 0) is 10.0 Å². The van der Waals surface area contributed by atoms with E-state index in [1.165, 1.54) is 0 Å². The van der Waals surface area contributed by atoms with E-state index in [1.54, 1.807) is 32.2 Å². The summed E-state index contributed by atoms with van der Waals surface area (Å²) >= 11 is 0.